The van der Waals surface area contributed by atoms with Crippen molar-refractivity contribution in [2.75, 3.05) is 26.2 Å². The molecule has 2 saturated heterocycles. The molecule has 2 rings (SSSR count). The molecule has 2 aliphatic heterocycles. The lowest BCUT2D eigenvalue weighted by atomic mass is 10.1. The van der Waals surface area contributed by atoms with Crippen LogP contribution >= 0.6 is 0 Å². The summed E-state index contributed by atoms with van der Waals surface area (Å²) in [5.74, 6) is 0.343. The van der Waals surface area contributed by atoms with Crippen LogP contribution < -0.4 is 5.73 Å². The standard InChI is InChI=1S/C10H19N3O/c1-8(11)6-12-4-5-13-9(7-12)2-3-10(13)14/h8-9H,2-7,11H2,1H3. The predicted octanol–water partition coefficient (Wildman–Crippen LogP) is -0.360. The van der Waals surface area contributed by atoms with Gasteiger partial charge in [-0.05, 0) is 13.3 Å². The highest BCUT2D eigenvalue weighted by Crippen LogP contribution is 2.22. The van der Waals surface area contributed by atoms with E-state index in [9.17, 15) is 4.79 Å². The van der Waals surface area contributed by atoms with Crippen LogP contribution in [0, 0.1) is 0 Å². The van der Waals surface area contributed by atoms with Crippen LogP contribution in [0.1, 0.15) is 19.8 Å². The van der Waals surface area contributed by atoms with Crippen molar-refractivity contribution >= 4 is 5.91 Å². The first-order valence-corrected chi connectivity index (χ1v) is 5.44. The number of amides is 1. The molecule has 0 saturated carbocycles. The minimum atomic E-state index is 0.235. The summed E-state index contributed by atoms with van der Waals surface area (Å²) in [4.78, 5) is 15.8. The van der Waals surface area contributed by atoms with E-state index in [1.54, 1.807) is 0 Å². The lowest BCUT2D eigenvalue weighted by Crippen LogP contribution is -2.53. The number of hydrogen-bond donors (Lipinski definition) is 1. The summed E-state index contributed by atoms with van der Waals surface area (Å²) in [6.45, 7) is 5.90. The highest BCUT2D eigenvalue weighted by molar-refractivity contribution is 5.78. The number of nitrogens with zero attached hydrogens (tertiary/aromatic N) is 2. The molecule has 2 atom stereocenters. The molecule has 0 aromatic heterocycles. The molecule has 0 aromatic rings. The van der Waals surface area contributed by atoms with Crippen molar-refractivity contribution in [3.63, 3.8) is 0 Å². The molecule has 4 heteroatoms. The molecule has 2 fully saturated rings. The molecule has 0 bridgehead atoms. The lowest BCUT2D eigenvalue weighted by molar-refractivity contribution is -0.130. The normalized spacial score (nSPS) is 30.6. The second-order valence-electron chi connectivity index (χ2n) is 4.52. The molecular formula is C10H19N3O. The molecule has 1 amide bonds. The molecule has 14 heavy (non-hydrogen) atoms. The molecule has 2 aliphatic rings. The fraction of sp³-hybridized carbons (Fsp3) is 0.900. The Kier molecular flexibility index (Phi) is 2.74. The van der Waals surface area contributed by atoms with Crippen LogP contribution in [0.15, 0.2) is 0 Å². The average molecular weight is 197 g/mol. The first-order chi connectivity index (χ1) is 6.66. The van der Waals surface area contributed by atoms with Gasteiger partial charge in [-0.2, -0.15) is 0 Å². The SMILES string of the molecule is CC(N)CN1CCN2C(=O)CCC2C1. The zero-order valence-electron chi connectivity index (χ0n) is 8.78. The van der Waals surface area contributed by atoms with Gasteiger partial charge in [0.05, 0.1) is 0 Å². The van der Waals surface area contributed by atoms with Gasteiger partial charge in [0.1, 0.15) is 0 Å². The molecule has 2 heterocycles. The summed E-state index contributed by atoms with van der Waals surface area (Å²) in [5, 5.41) is 0. The molecule has 0 aromatic carbocycles. The Morgan fingerprint density at radius 1 is 1.57 bits per heavy atom. The highest BCUT2D eigenvalue weighted by atomic mass is 16.2. The fourth-order valence-electron chi connectivity index (χ4n) is 2.50. The Morgan fingerprint density at radius 2 is 2.36 bits per heavy atom. The average Bonchev–Trinajstić information content (AvgIpc) is 2.46. The third-order valence-electron chi connectivity index (χ3n) is 3.12. The van der Waals surface area contributed by atoms with Gasteiger partial charge in [0, 0.05) is 44.7 Å². The van der Waals surface area contributed by atoms with Crippen molar-refractivity contribution in [3.05, 3.63) is 0 Å². The molecule has 0 aliphatic carbocycles. The van der Waals surface area contributed by atoms with Crippen LogP contribution in [0.3, 0.4) is 0 Å². The summed E-state index contributed by atoms with van der Waals surface area (Å²) < 4.78 is 0. The largest absolute Gasteiger partial charge is 0.337 e. The molecule has 0 radical (unpaired) electrons. The van der Waals surface area contributed by atoms with Gasteiger partial charge in [-0.3, -0.25) is 9.69 Å². The summed E-state index contributed by atoms with van der Waals surface area (Å²) in [6, 6.07) is 0.702. The lowest BCUT2D eigenvalue weighted by Gasteiger charge is -2.38. The quantitative estimate of drug-likeness (QED) is 0.657. The Bertz CT molecular complexity index is 229. The number of carbonyl (C=O) groups is 1. The van der Waals surface area contributed by atoms with E-state index in [4.69, 9.17) is 5.73 Å². The van der Waals surface area contributed by atoms with Crippen LogP contribution in [0.2, 0.25) is 0 Å². The van der Waals surface area contributed by atoms with Gasteiger partial charge in [0.2, 0.25) is 5.91 Å². The number of rotatable bonds is 2. The van der Waals surface area contributed by atoms with Crippen LogP contribution in [0.25, 0.3) is 0 Å². The second kappa shape index (κ2) is 3.87. The Balaban J connectivity index is 1.89. The summed E-state index contributed by atoms with van der Waals surface area (Å²) >= 11 is 0. The van der Waals surface area contributed by atoms with Gasteiger partial charge >= 0.3 is 0 Å². The maximum Gasteiger partial charge on any atom is 0.222 e. The zero-order valence-corrected chi connectivity index (χ0v) is 8.78. The van der Waals surface area contributed by atoms with Crippen molar-refractivity contribution in [1.82, 2.24) is 9.80 Å². The molecular weight excluding hydrogens is 178 g/mol. The third-order valence-corrected chi connectivity index (χ3v) is 3.12. The first-order valence-electron chi connectivity index (χ1n) is 5.44. The van der Waals surface area contributed by atoms with E-state index in [2.05, 4.69) is 4.90 Å². The van der Waals surface area contributed by atoms with Gasteiger partial charge in [-0.25, -0.2) is 0 Å². The zero-order chi connectivity index (χ0) is 10.1. The van der Waals surface area contributed by atoms with E-state index in [-0.39, 0.29) is 6.04 Å². The van der Waals surface area contributed by atoms with Gasteiger partial charge in [-0.1, -0.05) is 0 Å². The molecule has 2 N–H and O–H groups in total. The summed E-state index contributed by atoms with van der Waals surface area (Å²) in [5.41, 5.74) is 5.77. The number of piperazine rings is 1. The van der Waals surface area contributed by atoms with Gasteiger partial charge < -0.3 is 10.6 Å². The van der Waals surface area contributed by atoms with Crippen molar-refractivity contribution in [2.24, 2.45) is 5.73 Å². The number of carbonyl (C=O) groups excluding carboxylic acids is 1. The van der Waals surface area contributed by atoms with Gasteiger partial charge in [0.15, 0.2) is 0 Å². The third kappa shape index (κ3) is 1.91. The minimum Gasteiger partial charge on any atom is -0.337 e. The van der Waals surface area contributed by atoms with Gasteiger partial charge in [-0.15, -0.1) is 0 Å². The van der Waals surface area contributed by atoms with Crippen LogP contribution in [0.5, 0.6) is 0 Å². The van der Waals surface area contributed by atoms with Crippen molar-refractivity contribution in [3.8, 4) is 0 Å². The molecule has 4 nitrogen and oxygen atoms in total. The maximum absolute atomic E-state index is 11.4. The highest BCUT2D eigenvalue weighted by Gasteiger charge is 2.35. The predicted molar refractivity (Wildman–Crippen MR) is 54.8 cm³/mol. The van der Waals surface area contributed by atoms with E-state index in [1.165, 1.54) is 0 Å². The number of nitrogens with two attached hydrogens (primary N) is 1. The Hall–Kier alpha value is -0.610. The van der Waals surface area contributed by atoms with E-state index in [0.717, 1.165) is 39.0 Å². The minimum absolute atomic E-state index is 0.235. The number of fused-ring (bicyclic) bond motifs is 1. The Morgan fingerprint density at radius 3 is 3.07 bits per heavy atom. The fourth-order valence-corrected chi connectivity index (χ4v) is 2.50. The smallest absolute Gasteiger partial charge is 0.222 e. The van der Waals surface area contributed by atoms with E-state index < -0.39 is 0 Å². The monoisotopic (exact) mass is 197 g/mol. The van der Waals surface area contributed by atoms with Crippen LogP contribution in [0.4, 0.5) is 0 Å². The molecule has 2 unspecified atom stereocenters. The summed E-state index contributed by atoms with van der Waals surface area (Å²) in [7, 11) is 0. The van der Waals surface area contributed by atoms with Crippen molar-refractivity contribution in [2.45, 2.75) is 31.8 Å². The van der Waals surface area contributed by atoms with Crippen molar-refractivity contribution in [1.29, 1.82) is 0 Å². The van der Waals surface area contributed by atoms with E-state index >= 15 is 0 Å². The maximum atomic E-state index is 11.4. The topological polar surface area (TPSA) is 49.6 Å². The number of hydrogen-bond acceptors (Lipinski definition) is 3. The van der Waals surface area contributed by atoms with Crippen LogP contribution in [-0.4, -0.2) is 54.0 Å². The second-order valence-corrected chi connectivity index (χ2v) is 4.52. The molecule has 0 spiro atoms. The van der Waals surface area contributed by atoms with E-state index in [1.807, 2.05) is 11.8 Å². The Labute approximate surface area is 85.0 Å². The summed E-state index contributed by atoms with van der Waals surface area (Å²) in [6.07, 6.45) is 1.78. The van der Waals surface area contributed by atoms with Crippen LogP contribution in [-0.2, 0) is 4.79 Å². The first kappa shape index (κ1) is 9.93. The van der Waals surface area contributed by atoms with Crippen molar-refractivity contribution < 1.29 is 4.79 Å². The van der Waals surface area contributed by atoms with E-state index in [0.29, 0.717) is 11.9 Å². The van der Waals surface area contributed by atoms with Gasteiger partial charge in [0.25, 0.3) is 0 Å². The molecule has 80 valence electrons.